The van der Waals surface area contributed by atoms with Crippen molar-refractivity contribution in [2.45, 2.75) is 77.5 Å². The van der Waals surface area contributed by atoms with Gasteiger partial charge in [-0.3, -0.25) is 14.0 Å². The highest BCUT2D eigenvalue weighted by Crippen LogP contribution is 2.38. The molecule has 2 saturated heterocycles. The van der Waals surface area contributed by atoms with Crippen LogP contribution in [-0.4, -0.2) is 103 Å². The molecule has 336 valence electrons. The summed E-state index contributed by atoms with van der Waals surface area (Å²) in [6.07, 6.45) is 5.52. The van der Waals surface area contributed by atoms with Gasteiger partial charge >= 0.3 is 12.2 Å². The lowest BCUT2D eigenvalue weighted by atomic mass is 10.0. The van der Waals surface area contributed by atoms with E-state index in [-0.39, 0.29) is 35.7 Å². The quantitative estimate of drug-likeness (QED) is 0.0992. The minimum atomic E-state index is -0.718. The number of H-pyrrole nitrogens is 2. The van der Waals surface area contributed by atoms with Crippen LogP contribution in [0, 0.1) is 11.8 Å². The number of hydrogen-bond donors (Lipinski definition) is 4. The van der Waals surface area contributed by atoms with Crippen molar-refractivity contribution >= 4 is 51.3 Å². The molecule has 3 aromatic carbocycles. The topological polar surface area (TPSA) is 192 Å². The van der Waals surface area contributed by atoms with Crippen LogP contribution in [0.3, 0.4) is 0 Å². The highest BCUT2D eigenvalue weighted by Gasteiger charge is 2.39. The smallest absolute Gasteiger partial charge is 0.407 e. The molecule has 2 fully saturated rings. The third-order valence-electron chi connectivity index (χ3n) is 12.8. The number of nitrogens with one attached hydrogen (secondary N) is 4. The maximum absolute atomic E-state index is 13.8. The molecule has 9 rings (SSSR count). The lowest BCUT2D eigenvalue weighted by molar-refractivity contribution is -0.136. The molecule has 4 aromatic heterocycles. The Kier molecular flexibility index (Phi) is 11.7. The van der Waals surface area contributed by atoms with E-state index in [4.69, 9.17) is 24.4 Å². The summed E-state index contributed by atoms with van der Waals surface area (Å²) in [7, 11) is 2.58. The van der Waals surface area contributed by atoms with E-state index in [1.807, 2.05) is 68.1 Å². The van der Waals surface area contributed by atoms with Crippen LogP contribution >= 0.6 is 0 Å². The zero-order valence-electron chi connectivity index (χ0n) is 37.4. The monoisotopic (exact) mass is 878 g/mol. The third kappa shape index (κ3) is 8.13. The highest BCUT2D eigenvalue weighted by atomic mass is 16.5. The average Bonchev–Trinajstić information content (AvgIpc) is 4.18. The van der Waals surface area contributed by atoms with Gasteiger partial charge in [-0.1, -0.05) is 76.2 Å². The maximum atomic E-state index is 13.8. The number of rotatable bonds is 11. The number of benzene rings is 3. The van der Waals surface area contributed by atoms with Gasteiger partial charge in [-0.05, 0) is 61.8 Å². The van der Waals surface area contributed by atoms with Crippen molar-refractivity contribution in [3.8, 4) is 33.9 Å². The van der Waals surface area contributed by atoms with Crippen LogP contribution in [-0.2, 0) is 19.1 Å². The number of carbonyl (C=O) groups is 4. The molecule has 6 heterocycles. The van der Waals surface area contributed by atoms with Crippen molar-refractivity contribution in [2.24, 2.45) is 11.8 Å². The summed E-state index contributed by atoms with van der Waals surface area (Å²) in [6.45, 7) is 8.75. The van der Waals surface area contributed by atoms with Crippen molar-refractivity contribution in [2.75, 3.05) is 27.3 Å². The van der Waals surface area contributed by atoms with E-state index in [2.05, 4.69) is 79.6 Å². The Hall–Kier alpha value is -7.23. The van der Waals surface area contributed by atoms with Gasteiger partial charge in [0, 0.05) is 40.6 Å². The molecule has 2 aliphatic rings. The molecule has 4 atom stereocenters. The molecule has 4 amide bonds. The molecule has 4 N–H and O–H groups in total. The SMILES string of the molecule is COC(=O)N[C@H](C(=O)N1CCC[C@H]1c1ncc(-c2ccc3c(c2)cc2c4ccc(-c5cnc([C@@H]6CCCN6C(=O)[C@@H](NC(=O)OC)C(C)C)[nH]5)cc4nc(-c4ccccc4)n32)[nH]1)C(C)C. The molecule has 0 bridgehead atoms. The number of alkyl carbamates (subject to hydrolysis) is 2. The van der Waals surface area contributed by atoms with Crippen LogP contribution in [0.25, 0.3) is 61.2 Å². The Morgan fingerprint density at radius 1 is 0.662 bits per heavy atom. The molecule has 16 nitrogen and oxygen atoms in total. The fourth-order valence-electron chi connectivity index (χ4n) is 9.45. The number of methoxy groups -OCH3 is 2. The Labute approximate surface area is 376 Å². The van der Waals surface area contributed by atoms with E-state index >= 15 is 0 Å². The van der Waals surface area contributed by atoms with Crippen LogP contribution in [0.5, 0.6) is 0 Å². The average molecular weight is 879 g/mol. The summed E-state index contributed by atoms with van der Waals surface area (Å²) < 4.78 is 11.8. The lowest BCUT2D eigenvalue weighted by Crippen LogP contribution is -2.51. The van der Waals surface area contributed by atoms with Crippen molar-refractivity contribution in [3.05, 3.63) is 96.8 Å². The first kappa shape index (κ1) is 43.0. The van der Waals surface area contributed by atoms with Crippen LogP contribution in [0.15, 0.2) is 85.2 Å². The molecule has 0 spiro atoms. The van der Waals surface area contributed by atoms with Crippen molar-refractivity contribution in [1.82, 2.24) is 49.8 Å². The van der Waals surface area contributed by atoms with Gasteiger partial charge in [-0.25, -0.2) is 24.5 Å². The van der Waals surface area contributed by atoms with Crippen LogP contribution < -0.4 is 10.6 Å². The summed E-state index contributed by atoms with van der Waals surface area (Å²) in [6, 6.07) is 23.0. The summed E-state index contributed by atoms with van der Waals surface area (Å²) in [5.41, 5.74) is 7.29. The number of nitrogens with zero attached hydrogens (tertiary/aromatic N) is 6. The highest BCUT2D eigenvalue weighted by molar-refractivity contribution is 6.04. The van der Waals surface area contributed by atoms with Crippen molar-refractivity contribution in [1.29, 1.82) is 0 Å². The van der Waals surface area contributed by atoms with Gasteiger partial charge in [-0.2, -0.15) is 0 Å². The summed E-state index contributed by atoms with van der Waals surface area (Å²) in [5.74, 6) is 1.63. The molecule has 7 aromatic rings. The molecular weight excluding hydrogens is 825 g/mol. The van der Waals surface area contributed by atoms with E-state index in [0.29, 0.717) is 24.7 Å². The van der Waals surface area contributed by atoms with Crippen LogP contribution in [0.4, 0.5) is 9.59 Å². The fourth-order valence-corrected chi connectivity index (χ4v) is 9.45. The first-order chi connectivity index (χ1) is 31.4. The van der Waals surface area contributed by atoms with E-state index in [1.165, 1.54) is 14.2 Å². The van der Waals surface area contributed by atoms with Gasteiger partial charge in [0.25, 0.3) is 0 Å². The Balaban J connectivity index is 1.03. The molecule has 2 aliphatic heterocycles. The zero-order chi connectivity index (χ0) is 45.5. The van der Waals surface area contributed by atoms with Gasteiger partial charge < -0.3 is 39.9 Å². The number of amides is 4. The minimum Gasteiger partial charge on any atom is -0.453 e. The predicted octanol–water partition coefficient (Wildman–Crippen LogP) is 8.18. The normalized spacial score (nSPS) is 17.4. The standard InChI is InChI=1S/C49H54N10O6/c1-27(2)41(55-48(62)64-5)46(60)57-20-10-14-38(57)43-50-25-35(52-43)30-17-19-37-32(22-30)24-40-33-18-16-31(23-34(33)54-45(59(37)40)29-12-8-7-9-13-29)36-26-51-44(53-36)39-15-11-21-58(39)47(61)42(28(3)4)56-49(63)65-6/h7-9,12-13,16-19,22-28,38-39,41-42H,10-11,14-15,20-21H2,1-6H3,(H,50,52)(H,51,53)(H,55,62)(H,56,63)/t38-,39-,41-,42-/m0/s1. The van der Waals surface area contributed by atoms with Crippen LogP contribution in [0.2, 0.25) is 0 Å². The van der Waals surface area contributed by atoms with Crippen molar-refractivity contribution < 1.29 is 28.7 Å². The summed E-state index contributed by atoms with van der Waals surface area (Å²) in [5, 5.41) is 7.44. The van der Waals surface area contributed by atoms with E-state index in [0.717, 1.165) is 86.9 Å². The number of likely N-dealkylation sites (tertiary alicyclic amines) is 2. The Bertz CT molecular complexity index is 2920. The number of aromatic nitrogens is 6. The Morgan fingerprint density at radius 2 is 1.20 bits per heavy atom. The maximum Gasteiger partial charge on any atom is 0.407 e. The molecule has 0 aliphatic carbocycles. The molecule has 0 radical (unpaired) electrons. The number of carbonyl (C=O) groups excluding carboxylic acids is 4. The van der Waals surface area contributed by atoms with Gasteiger partial charge in [0.1, 0.15) is 29.6 Å². The molecule has 0 unspecified atom stereocenters. The van der Waals surface area contributed by atoms with E-state index < -0.39 is 24.3 Å². The number of aromatic amines is 2. The van der Waals surface area contributed by atoms with Gasteiger partial charge in [0.05, 0.1) is 66.6 Å². The van der Waals surface area contributed by atoms with Crippen molar-refractivity contribution in [3.63, 3.8) is 0 Å². The molecule has 16 heteroatoms. The van der Waals surface area contributed by atoms with Gasteiger partial charge in [-0.15, -0.1) is 0 Å². The largest absolute Gasteiger partial charge is 0.453 e. The number of hydrogen-bond acceptors (Lipinski definition) is 9. The number of imidazole rings is 2. The third-order valence-corrected chi connectivity index (χ3v) is 12.8. The first-order valence-corrected chi connectivity index (χ1v) is 22.3. The van der Waals surface area contributed by atoms with Crippen LogP contribution in [0.1, 0.15) is 77.1 Å². The fraction of sp³-hybridized carbons (Fsp3) is 0.367. The number of fused-ring (bicyclic) bond motifs is 5. The van der Waals surface area contributed by atoms with E-state index in [1.54, 1.807) is 0 Å². The second-order valence-corrected chi connectivity index (χ2v) is 17.6. The first-order valence-electron chi connectivity index (χ1n) is 22.3. The molecular formula is C49H54N10O6. The number of ether oxygens (including phenoxy) is 2. The molecule has 65 heavy (non-hydrogen) atoms. The minimum absolute atomic E-state index is 0.127. The second kappa shape index (κ2) is 17.7. The van der Waals surface area contributed by atoms with E-state index in [9.17, 15) is 19.2 Å². The predicted molar refractivity (Wildman–Crippen MR) is 247 cm³/mol. The summed E-state index contributed by atoms with van der Waals surface area (Å²) in [4.78, 5) is 77.3. The zero-order valence-corrected chi connectivity index (χ0v) is 37.4. The van der Waals surface area contributed by atoms with Gasteiger partial charge in [0.2, 0.25) is 11.8 Å². The summed E-state index contributed by atoms with van der Waals surface area (Å²) >= 11 is 0. The van der Waals surface area contributed by atoms with Gasteiger partial charge in [0.15, 0.2) is 0 Å². The lowest BCUT2D eigenvalue weighted by Gasteiger charge is -2.30. The Morgan fingerprint density at radius 3 is 1.74 bits per heavy atom. The second-order valence-electron chi connectivity index (χ2n) is 17.6. The molecule has 0 saturated carbocycles.